The van der Waals surface area contributed by atoms with Crippen LogP contribution in [0, 0.1) is 0 Å². The average molecular weight is 322 g/mol. The predicted octanol–water partition coefficient (Wildman–Crippen LogP) is 1.95. The van der Waals surface area contributed by atoms with Gasteiger partial charge in [0, 0.05) is 37.6 Å². The third kappa shape index (κ3) is 2.14. The SMILES string of the molecule is CC1c2cccn2CCN1C(=O)c1ccc2c(=O)n(C)cnc2c1. The van der Waals surface area contributed by atoms with Gasteiger partial charge in [-0.3, -0.25) is 9.59 Å². The zero-order valence-electron chi connectivity index (χ0n) is 13.6. The summed E-state index contributed by atoms with van der Waals surface area (Å²) in [5.41, 5.74) is 2.15. The summed E-state index contributed by atoms with van der Waals surface area (Å²) in [7, 11) is 1.67. The van der Waals surface area contributed by atoms with Gasteiger partial charge in [-0.2, -0.15) is 0 Å². The molecule has 3 heterocycles. The molecule has 1 aromatic carbocycles. The highest BCUT2D eigenvalue weighted by Crippen LogP contribution is 2.27. The second kappa shape index (κ2) is 5.33. The third-order valence-corrected chi connectivity index (χ3v) is 4.77. The second-order valence-electron chi connectivity index (χ2n) is 6.19. The van der Waals surface area contributed by atoms with E-state index in [1.807, 2.05) is 24.1 Å². The topological polar surface area (TPSA) is 60.1 Å². The molecule has 0 radical (unpaired) electrons. The van der Waals surface area contributed by atoms with E-state index in [1.165, 1.54) is 10.9 Å². The van der Waals surface area contributed by atoms with E-state index >= 15 is 0 Å². The lowest BCUT2D eigenvalue weighted by Crippen LogP contribution is -2.40. The van der Waals surface area contributed by atoms with Gasteiger partial charge in [0.1, 0.15) is 0 Å². The fraction of sp³-hybridized carbons (Fsp3) is 0.278. The van der Waals surface area contributed by atoms with Crippen molar-refractivity contribution in [3.63, 3.8) is 0 Å². The fourth-order valence-electron chi connectivity index (χ4n) is 3.37. The van der Waals surface area contributed by atoms with Crippen LogP contribution in [0.25, 0.3) is 10.9 Å². The zero-order chi connectivity index (χ0) is 16.8. The maximum Gasteiger partial charge on any atom is 0.260 e. The van der Waals surface area contributed by atoms with Crippen LogP contribution >= 0.6 is 0 Å². The molecule has 6 heteroatoms. The quantitative estimate of drug-likeness (QED) is 0.688. The largest absolute Gasteiger partial charge is 0.348 e. The smallest absolute Gasteiger partial charge is 0.260 e. The summed E-state index contributed by atoms with van der Waals surface area (Å²) in [5, 5.41) is 0.525. The molecule has 0 fully saturated rings. The number of rotatable bonds is 1. The van der Waals surface area contributed by atoms with Gasteiger partial charge in [0.25, 0.3) is 11.5 Å². The van der Waals surface area contributed by atoms with Crippen LogP contribution in [0.15, 0.2) is 47.7 Å². The van der Waals surface area contributed by atoms with Crippen molar-refractivity contribution in [3.8, 4) is 0 Å². The Morgan fingerprint density at radius 2 is 2.08 bits per heavy atom. The van der Waals surface area contributed by atoms with Gasteiger partial charge in [0.15, 0.2) is 0 Å². The van der Waals surface area contributed by atoms with Crippen LogP contribution in [0.2, 0.25) is 0 Å². The first-order chi connectivity index (χ1) is 11.6. The first-order valence-electron chi connectivity index (χ1n) is 7.97. The van der Waals surface area contributed by atoms with Crippen molar-refractivity contribution in [2.24, 2.45) is 7.05 Å². The Labute approximate surface area is 139 Å². The molecular weight excluding hydrogens is 304 g/mol. The van der Waals surface area contributed by atoms with Gasteiger partial charge >= 0.3 is 0 Å². The molecule has 1 aliphatic heterocycles. The number of amides is 1. The monoisotopic (exact) mass is 322 g/mol. The number of benzene rings is 1. The molecule has 0 bridgehead atoms. The molecule has 1 atom stereocenters. The van der Waals surface area contributed by atoms with Crippen molar-refractivity contribution < 1.29 is 4.79 Å². The van der Waals surface area contributed by atoms with Gasteiger partial charge in [-0.15, -0.1) is 0 Å². The maximum absolute atomic E-state index is 12.9. The number of aromatic nitrogens is 3. The van der Waals surface area contributed by atoms with E-state index in [4.69, 9.17) is 0 Å². The lowest BCUT2D eigenvalue weighted by atomic mass is 10.1. The highest BCUT2D eigenvalue weighted by molar-refractivity contribution is 5.97. The molecule has 0 saturated heterocycles. The number of carbonyl (C=O) groups excluding carboxylic acids is 1. The maximum atomic E-state index is 12.9. The summed E-state index contributed by atoms with van der Waals surface area (Å²) in [5.74, 6) is -0.0284. The highest BCUT2D eigenvalue weighted by atomic mass is 16.2. The molecular formula is C18H18N4O2. The Bertz CT molecular complexity index is 1000. The molecule has 0 saturated carbocycles. The Balaban J connectivity index is 1.71. The second-order valence-corrected chi connectivity index (χ2v) is 6.19. The summed E-state index contributed by atoms with van der Waals surface area (Å²) in [6.45, 7) is 3.51. The van der Waals surface area contributed by atoms with Crippen LogP contribution in [-0.4, -0.2) is 31.5 Å². The van der Waals surface area contributed by atoms with Crippen LogP contribution in [-0.2, 0) is 13.6 Å². The van der Waals surface area contributed by atoms with Crippen molar-refractivity contribution in [2.75, 3.05) is 6.54 Å². The third-order valence-electron chi connectivity index (χ3n) is 4.77. The van der Waals surface area contributed by atoms with Crippen LogP contribution in [0.3, 0.4) is 0 Å². The highest BCUT2D eigenvalue weighted by Gasteiger charge is 2.28. The molecule has 1 amide bonds. The molecule has 2 aromatic heterocycles. The first kappa shape index (κ1) is 14.7. The standard InChI is InChI=1S/C18H18N4O2/c1-12-16-4-3-7-21(16)8-9-22(12)17(23)13-5-6-14-15(10-13)19-11-20(2)18(14)24/h3-7,10-12H,8-9H2,1-2H3. The molecule has 3 aromatic rings. The molecule has 4 rings (SSSR count). The van der Waals surface area contributed by atoms with Crippen LogP contribution < -0.4 is 5.56 Å². The summed E-state index contributed by atoms with van der Waals surface area (Å²) < 4.78 is 3.62. The van der Waals surface area contributed by atoms with Gasteiger partial charge in [-0.25, -0.2) is 4.98 Å². The van der Waals surface area contributed by atoms with E-state index in [-0.39, 0.29) is 17.5 Å². The summed E-state index contributed by atoms with van der Waals surface area (Å²) in [6, 6.07) is 9.20. The van der Waals surface area contributed by atoms with Crippen LogP contribution in [0.4, 0.5) is 0 Å². The van der Waals surface area contributed by atoms with E-state index in [9.17, 15) is 9.59 Å². The molecule has 1 unspecified atom stereocenters. The number of fused-ring (bicyclic) bond motifs is 2. The van der Waals surface area contributed by atoms with Crippen molar-refractivity contribution in [2.45, 2.75) is 19.5 Å². The lowest BCUT2D eigenvalue weighted by Gasteiger charge is -2.35. The Kier molecular flexibility index (Phi) is 3.26. The summed E-state index contributed by atoms with van der Waals surface area (Å²) in [6.07, 6.45) is 3.53. The van der Waals surface area contributed by atoms with Crippen molar-refractivity contribution >= 4 is 16.8 Å². The van der Waals surface area contributed by atoms with Gasteiger partial charge in [-0.05, 0) is 37.3 Å². The van der Waals surface area contributed by atoms with E-state index in [2.05, 4.69) is 15.6 Å². The molecule has 6 nitrogen and oxygen atoms in total. The van der Waals surface area contributed by atoms with Crippen molar-refractivity contribution in [1.82, 2.24) is 19.0 Å². The average Bonchev–Trinajstić information content (AvgIpc) is 3.07. The van der Waals surface area contributed by atoms with Gasteiger partial charge in [0.05, 0.1) is 23.3 Å². The predicted molar refractivity (Wildman–Crippen MR) is 90.9 cm³/mol. The Morgan fingerprint density at radius 1 is 1.25 bits per heavy atom. The van der Waals surface area contributed by atoms with Crippen molar-refractivity contribution in [3.05, 3.63) is 64.5 Å². The lowest BCUT2D eigenvalue weighted by molar-refractivity contribution is 0.0644. The Morgan fingerprint density at radius 3 is 2.92 bits per heavy atom. The minimum Gasteiger partial charge on any atom is -0.348 e. The molecule has 24 heavy (non-hydrogen) atoms. The normalized spacial score (nSPS) is 17.1. The Hall–Kier alpha value is -2.89. The van der Waals surface area contributed by atoms with Crippen LogP contribution in [0.1, 0.15) is 29.0 Å². The van der Waals surface area contributed by atoms with E-state index in [0.29, 0.717) is 23.0 Å². The van der Waals surface area contributed by atoms with Crippen molar-refractivity contribution in [1.29, 1.82) is 0 Å². The minimum absolute atomic E-state index is 0.0218. The molecule has 0 spiro atoms. The number of nitrogens with zero attached hydrogens (tertiary/aromatic N) is 4. The molecule has 1 aliphatic rings. The summed E-state index contributed by atoms with van der Waals surface area (Å²) in [4.78, 5) is 31.2. The van der Waals surface area contributed by atoms with E-state index in [0.717, 1.165) is 12.2 Å². The minimum atomic E-state index is -0.108. The van der Waals surface area contributed by atoms with Crippen LogP contribution in [0.5, 0.6) is 0 Å². The molecule has 0 N–H and O–H groups in total. The summed E-state index contributed by atoms with van der Waals surface area (Å²) >= 11 is 0. The van der Waals surface area contributed by atoms with Gasteiger partial charge in [0.2, 0.25) is 0 Å². The molecule has 0 aliphatic carbocycles. The van der Waals surface area contributed by atoms with E-state index in [1.54, 1.807) is 25.2 Å². The number of aryl methyl sites for hydroxylation is 1. The number of hydrogen-bond donors (Lipinski definition) is 0. The number of carbonyl (C=O) groups is 1. The van der Waals surface area contributed by atoms with Gasteiger partial charge < -0.3 is 14.0 Å². The van der Waals surface area contributed by atoms with Gasteiger partial charge in [-0.1, -0.05) is 0 Å². The first-order valence-corrected chi connectivity index (χ1v) is 7.97. The number of hydrogen-bond acceptors (Lipinski definition) is 3. The zero-order valence-corrected chi connectivity index (χ0v) is 13.6. The van der Waals surface area contributed by atoms with E-state index < -0.39 is 0 Å². The fourth-order valence-corrected chi connectivity index (χ4v) is 3.37. The molecule has 122 valence electrons.